The van der Waals surface area contributed by atoms with Crippen LogP contribution in [0.5, 0.6) is 0 Å². The topological polar surface area (TPSA) is 118 Å². The molecule has 0 unspecified atom stereocenters. The summed E-state index contributed by atoms with van der Waals surface area (Å²) in [7, 11) is -6.97. The van der Waals surface area contributed by atoms with Crippen LogP contribution in [0.4, 0.5) is 5.69 Å². The van der Waals surface area contributed by atoms with Crippen LogP contribution < -0.4 is 15.2 Å². The van der Waals surface area contributed by atoms with Crippen LogP contribution in [-0.2, 0) is 20.0 Å². The molecule has 0 spiro atoms. The molecule has 4 N–H and O–H groups in total. The highest BCUT2D eigenvalue weighted by molar-refractivity contribution is 7.89. The minimum atomic E-state index is -3.71. The predicted molar refractivity (Wildman–Crippen MR) is 83.0 cm³/mol. The summed E-state index contributed by atoms with van der Waals surface area (Å²) >= 11 is 0. The molecule has 7 nitrogen and oxygen atoms in total. The van der Waals surface area contributed by atoms with Crippen molar-refractivity contribution in [1.29, 1.82) is 0 Å². The van der Waals surface area contributed by atoms with Crippen molar-refractivity contribution in [2.75, 3.05) is 25.1 Å². The van der Waals surface area contributed by atoms with Crippen molar-refractivity contribution >= 4 is 25.7 Å². The quantitative estimate of drug-likeness (QED) is 0.482. The van der Waals surface area contributed by atoms with E-state index >= 15 is 0 Å². The summed E-state index contributed by atoms with van der Waals surface area (Å²) in [4.78, 5) is 0.0820. The Morgan fingerprint density at radius 2 is 1.62 bits per heavy atom. The Kier molecular flexibility index (Phi) is 5.74. The first-order chi connectivity index (χ1) is 9.54. The van der Waals surface area contributed by atoms with Gasteiger partial charge in [-0.15, -0.1) is 0 Å². The lowest BCUT2D eigenvalue weighted by atomic mass is 10.1. The maximum atomic E-state index is 12.3. The first-order valence-corrected chi connectivity index (χ1v) is 9.72. The molecule has 1 rings (SSSR count). The molecule has 0 aromatic heterocycles. The van der Waals surface area contributed by atoms with Gasteiger partial charge in [0, 0.05) is 13.1 Å². The molecule has 9 heteroatoms. The lowest BCUT2D eigenvalue weighted by molar-refractivity contribution is 0.574. The number of nitrogens with one attached hydrogen (secondary N) is 2. The number of sulfonamides is 2. The van der Waals surface area contributed by atoms with Gasteiger partial charge in [-0.1, -0.05) is 6.07 Å². The highest BCUT2D eigenvalue weighted by atomic mass is 32.2. The van der Waals surface area contributed by atoms with Gasteiger partial charge in [0.05, 0.1) is 11.9 Å². The Morgan fingerprint density at radius 3 is 2.19 bits per heavy atom. The second kappa shape index (κ2) is 6.73. The highest BCUT2D eigenvalue weighted by Gasteiger charge is 2.20. The van der Waals surface area contributed by atoms with Gasteiger partial charge in [0.1, 0.15) is 4.90 Å². The van der Waals surface area contributed by atoms with Crippen molar-refractivity contribution in [1.82, 2.24) is 9.44 Å². The number of anilines is 1. The molecular weight excluding hydrogens is 314 g/mol. The summed E-state index contributed by atoms with van der Waals surface area (Å²) in [6, 6.07) is 3.32. The Hall–Kier alpha value is -1.16. The maximum Gasteiger partial charge on any atom is 0.242 e. The number of nitrogens with two attached hydrogens (primary N) is 1. The van der Waals surface area contributed by atoms with Crippen LogP contribution in [0.2, 0.25) is 0 Å². The van der Waals surface area contributed by atoms with Gasteiger partial charge in [0.25, 0.3) is 0 Å². The van der Waals surface area contributed by atoms with Crippen LogP contribution in [0.25, 0.3) is 0 Å². The lowest BCUT2D eigenvalue weighted by Gasteiger charge is -2.13. The second-order valence-electron chi connectivity index (χ2n) is 4.84. The summed E-state index contributed by atoms with van der Waals surface area (Å²) < 4.78 is 51.0. The van der Waals surface area contributed by atoms with E-state index in [-0.39, 0.29) is 23.7 Å². The summed E-state index contributed by atoms with van der Waals surface area (Å²) in [6.07, 6.45) is 1.39. The van der Waals surface area contributed by atoms with E-state index in [0.29, 0.717) is 12.0 Å². The second-order valence-corrected chi connectivity index (χ2v) is 8.38. The van der Waals surface area contributed by atoms with E-state index in [4.69, 9.17) is 5.73 Å². The Bertz CT molecular complexity index is 712. The number of aryl methyl sites for hydroxylation is 1. The van der Waals surface area contributed by atoms with E-state index in [1.165, 1.54) is 0 Å². The molecule has 0 fully saturated rings. The molecule has 1 aromatic rings. The fraction of sp³-hybridized carbons (Fsp3) is 0.500. The first kappa shape index (κ1) is 17.9. The van der Waals surface area contributed by atoms with E-state index in [0.717, 1.165) is 11.8 Å². The van der Waals surface area contributed by atoms with Crippen LogP contribution in [0.1, 0.15) is 17.5 Å². The van der Waals surface area contributed by atoms with Crippen LogP contribution in [-0.4, -0.2) is 36.2 Å². The molecule has 0 amide bonds. The third-order valence-electron chi connectivity index (χ3n) is 2.99. The molecule has 0 radical (unpaired) electrons. The first-order valence-electron chi connectivity index (χ1n) is 6.34. The third kappa shape index (κ3) is 5.27. The number of rotatable bonds is 7. The maximum absolute atomic E-state index is 12.3. The lowest BCUT2D eigenvalue weighted by Crippen LogP contribution is -2.30. The normalized spacial score (nSPS) is 12.5. The van der Waals surface area contributed by atoms with Crippen LogP contribution >= 0.6 is 0 Å². The molecule has 120 valence electrons. The average molecular weight is 335 g/mol. The smallest absolute Gasteiger partial charge is 0.242 e. The van der Waals surface area contributed by atoms with E-state index in [1.54, 1.807) is 19.1 Å². The van der Waals surface area contributed by atoms with Gasteiger partial charge < -0.3 is 5.73 Å². The predicted octanol–water partition coefficient (Wildman–Crippen LogP) is 0.103. The van der Waals surface area contributed by atoms with Crippen molar-refractivity contribution in [2.45, 2.75) is 25.2 Å². The van der Waals surface area contributed by atoms with Crippen LogP contribution in [0.3, 0.4) is 0 Å². The third-order valence-corrected chi connectivity index (χ3v) is 5.38. The number of hydrogen-bond acceptors (Lipinski definition) is 5. The van der Waals surface area contributed by atoms with Crippen molar-refractivity contribution in [3.8, 4) is 0 Å². The molecule has 0 bridgehead atoms. The largest absolute Gasteiger partial charge is 0.398 e. The van der Waals surface area contributed by atoms with Crippen molar-refractivity contribution in [2.24, 2.45) is 0 Å². The molecule has 0 heterocycles. The molecule has 0 atom stereocenters. The van der Waals surface area contributed by atoms with Gasteiger partial charge >= 0.3 is 0 Å². The molecule has 0 aliphatic carbocycles. The fourth-order valence-corrected chi connectivity index (χ4v) is 3.81. The summed E-state index contributed by atoms with van der Waals surface area (Å²) in [5, 5.41) is 0. The highest BCUT2D eigenvalue weighted by Crippen LogP contribution is 2.24. The molecule has 1 aromatic carbocycles. The van der Waals surface area contributed by atoms with E-state index in [1.807, 2.05) is 6.92 Å². The fourth-order valence-electron chi connectivity index (χ4n) is 1.79. The average Bonchev–Trinajstić information content (AvgIpc) is 2.32. The number of nitrogen functional groups attached to an aromatic ring is 1. The minimum absolute atomic E-state index is 0.0820. The molecule has 21 heavy (non-hydrogen) atoms. The van der Waals surface area contributed by atoms with Crippen molar-refractivity contribution in [3.63, 3.8) is 0 Å². The van der Waals surface area contributed by atoms with Gasteiger partial charge in [-0.05, 0) is 37.5 Å². The Labute approximate surface area is 126 Å². The molecular formula is C12H21N3O4S2. The van der Waals surface area contributed by atoms with Crippen molar-refractivity contribution in [3.05, 3.63) is 23.3 Å². The Morgan fingerprint density at radius 1 is 1.05 bits per heavy atom. The van der Waals surface area contributed by atoms with Crippen LogP contribution in [0, 0.1) is 13.8 Å². The summed E-state index contributed by atoms with van der Waals surface area (Å²) in [5.74, 6) is 0. The van der Waals surface area contributed by atoms with E-state index in [9.17, 15) is 16.8 Å². The molecule has 0 aliphatic rings. The molecule has 0 saturated carbocycles. The Balaban J connectivity index is 2.73. The van der Waals surface area contributed by atoms with E-state index in [2.05, 4.69) is 9.44 Å². The van der Waals surface area contributed by atoms with Gasteiger partial charge in [-0.3, -0.25) is 0 Å². The van der Waals surface area contributed by atoms with Crippen molar-refractivity contribution < 1.29 is 16.8 Å². The van der Waals surface area contributed by atoms with E-state index < -0.39 is 20.0 Å². The zero-order chi connectivity index (χ0) is 16.3. The zero-order valence-corrected chi connectivity index (χ0v) is 13.9. The monoisotopic (exact) mass is 335 g/mol. The van der Waals surface area contributed by atoms with Gasteiger partial charge in [-0.2, -0.15) is 0 Å². The van der Waals surface area contributed by atoms with Crippen LogP contribution in [0.15, 0.2) is 17.0 Å². The summed E-state index contributed by atoms with van der Waals surface area (Å²) in [6.45, 7) is 3.80. The molecule has 0 saturated heterocycles. The van der Waals surface area contributed by atoms with Gasteiger partial charge in [0.2, 0.25) is 20.0 Å². The minimum Gasteiger partial charge on any atom is -0.398 e. The van der Waals surface area contributed by atoms with Gasteiger partial charge in [0.15, 0.2) is 0 Å². The van der Waals surface area contributed by atoms with Gasteiger partial charge in [-0.25, -0.2) is 26.3 Å². The SMILES string of the molecule is Cc1ccc(N)c(S(=O)(=O)NCCCNS(C)(=O)=O)c1C. The zero-order valence-electron chi connectivity index (χ0n) is 12.3. The molecule has 0 aliphatic heterocycles. The number of benzene rings is 1. The standard InChI is InChI=1S/C12H21N3O4S2/c1-9-5-6-11(13)12(10(9)2)21(18,19)15-8-4-7-14-20(3,16)17/h5-6,14-15H,4,7-8,13H2,1-3H3. The summed E-state index contributed by atoms with van der Waals surface area (Å²) in [5.41, 5.74) is 7.39. The number of hydrogen-bond donors (Lipinski definition) is 3.